The molecule has 2 aliphatic heterocycles. The number of amides is 1. The zero-order valence-electron chi connectivity index (χ0n) is 10.5. The van der Waals surface area contributed by atoms with E-state index in [2.05, 4.69) is 11.1 Å². The van der Waals surface area contributed by atoms with Crippen molar-refractivity contribution >= 4 is 22.6 Å². The second-order valence-corrected chi connectivity index (χ2v) is 5.34. The molecule has 0 spiro atoms. The lowest BCUT2D eigenvalue weighted by molar-refractivity contribution is -0.143. The first-order valence-corrected chi connectivity index (χ1v) is 6.64. The summed E-state index contributed by atoms with van der Waals surface area (Å²) in [6.45, 7) is 0.728. The lowest BCUT2D eigenvalue weighted by Crippen LogP contribution is -2.45. The highest BCUT2D eigenvalue weighted by Crippen LogP contribution is 2.38. The summed E-state index contributed by atoms with van der Waals surface area (Å²) in [6.07, 6.45) is 1.40. The predicted molar refractivity (Wildman–Crippen MR) is 70.7 cm³/mol. The quantitative estimate of drug-likeness (QED) is 0.731. The summed E-state index contributed by atoms with van der Waals surface area (Å²) < 4.78 is 0. The van der Waals surface area contributed by atoms with Crippen LogP contribution >= 0.6 is 0 Å². The number of rotatable bonds is 0. The highest BCUT2D eigenvalue weighted by atomic mass is 16.2. The molecule has 1 aromatic carbocycles. The van der Waals surface area contributed by atoms with Gasteiger partial charge >= 0.3 is 0 Å². The fourth-order valence-corrected chi connectivity index (χ4v) is 3.39. The number of Topliss-reactive ketones (excluding diaryl/α,β-unsaturated/α-hetero) is 1. The van der Waals surface area contributed by atoms with E-state index in [4.69, 9.17) is 0 Å². The average Bonchev–Trinajstić information content (AvgIpc) is 2.77. The van der Waals surface area contributed by atoms with Gasteiger partial charge in [0.2, 0.25) is 5.91 Å². The van der Waals surface area contributed by atoms with E-state index >= 15 is 0 Å². The van der Waals surface area contributed by atoms with Gasteiger partial charge in [0.25, 0.3) is 0 Å². The van der Waals surface area contributed by atoms with Gasteiger partial charge in [-0.15, -0.1) is 0 Å². The predicted octanol–water partition coefficient (Wildman–Crippen LogP) is 1.96. The summed E-state index contributed by atoms with van der Waals surface area (Å²) in [5.41, 5.74) is 3.44. The fourth-order valence-electron chi connectivity index (χ4n) is 3.39. The van der Waals surface area contributed by atoms with Crippen molar-refractivity contribution in [2.24, 2.45) is 0 Å². The van der Waals surface area contributed by atoms with E-state index in [-0.39, 0.29) is 24.2 Å². The lowest BCUT2D eigenvalue weighted by Gasteiger charge is -2.38. The minimum atomic E-state index is -0.0788. The molecule has 4 rings (SSSR count). The van der Waals surface area contributed by atoms with Gasteiger partial charge in [0.15, 0.2) is 0 Å². The van der Waals surface area contributed by atoms with Crippen LogP contribution < -0.4 is 0 Å². The largest absolute Gasteiger partial charge is 0.356 e. The number of para-hydroxylation sites is 1. The van der Waals surface area contributed by atoms with Crippen LogP contribution in [0.5, 0.6) is 0 Å². The maximum atomic E-state index is 12.0. The van der Waals surface area contributed by atoms with Gasteiger partial charge in [-0.1, -0.05) is 18.2 Å². The zero-order chi connectivity index (χ0) is 13.0. The van der Waals surface area contributed by atoms with Crippen LogP contribution in [0.1, 0.15) is 30.1 Å². The molecule has 1 amide bonds. The number of aromatic nitrogens is 1. The first kappa shape index (κ1) is 10.8. The normalized spacial score (nSPS) is 22.5. The molecular formula is C15H14N2O2. The Morgan fingerprint density at radius 1 is 1.21 bits per heavy atom. The molecule has 1 aromatic heterocycles. The van der Waals surface area contributed by atoms with Crippen LogP contribution in [0, 0.1) is 0 Å². The van der Waals surface area contributed by atoms with Gasteiger partial charge in [-0.05, 0) is 18.1 Å². The van der Waals surface area contributed by atoms with E-state index in [9.17, 15) is 9.59 Å². The number of piperidine rings is 1. The Morgan fingerprint density at radius 3 is 2.95 bits per heavy atom. The highest BCUT2D eigenvalue weighted by molar-refractivity contribution is 6.01. The standard InChI is InChI=1S/C15H14N2O2/c18-9-7-13-15-11(5-6-17(13)14(19)8-9)10-3-1-2-4-12(10)16-15/h1-4,13,16H,5-8H2. The van der Waals surface area contributed by atoms with Gasteiger partial charge in [0.1, 0.15) is 5.78 Å². The average molecular weight is 254 g/mol. The molecule has 1 saturated heterocycles. The molecule has 2 aliphatic rings. The number of hydrogen-bond donors (Lipinski definition) is 1. The molecule has 0 saturated carbocycles. The van der Waals surface area contributed by atoms with Gasteiger partial charge in [0.05, 0.1) is 12.5 Å². The summed E-state index contributed by atoms with van der Waals surface area (Å²) in [4.78, 5) is 28.9. The SMILES string of the molecule is O=C1CC(=O)N2CCc3c([nH]c4ccccc34)C2C1. The van der Waals surface area contributed by atoms with Gasteiger partial charge in [-0.25, -0.2) is 0 Å². The lowest BCUT2D eigenvalue weighted by atomic mass is 9.90. The van der Waals surface area contributed by atoms with Crippen molar-refractivity contribution < 1.29 is 9.59 Å². The van der Waals surface area contributed by atoms with Crippen molar-refractivity contribution in [1.82, 2.24) is 9.88 Å². The Bertz CT molecular complexity index is 701. The summed E-state index contributed by atoms with van der Waals surface area (Å²) in [5, 5.41) is 1.22. The Labute approximate surface area is 110 Å². The van der Waals surface area contributed by atoms with Crippen LogP contribution in [0.3, 0.4) is 0 Å². The van der Waals surface area contributed by atoms with Gasteiger partial charge < -0.3 is 9.88 Å². The summed E-state index contributed by atoms with van der Waals surface area (Å²) in [6, 6.07) is 8.10. The second-order valence-electron chi connectivity index (χ2n) is 5.34. The van der Waals surface area contributed by atoms with E-state index < -0.39 is 0 Å². The molecule has 1 atom stereocenters. The van der Waals surface area contributed by atoms with Gasteiger partial charge in [0, 0.05) is 29.6 Å². The molecule has 1 unspecified atom stereocenters. The van der Waals surface area contributed by atoms with E-state index in [1.165, 1.54) is 10.9 Å². The Hall–Kier alpha value is -2.10. The highest BCUT2D eigenvalue weighted by Gasteiger charge is 2.38. The summed E-state index contributed by atoms with van der Waals surface area (Å²) in [5.74, 6) is 0.0308. The molecule has 4 heteroatoms. The summed E-state index contributed by atoms with van der Waals surface area (Å²) in [7, 11) is 0. The van der Waals surface area contributed by atoms with E-state index in [1.807, 2.05) is 23.1 Å². The van der Waals surface area contributed by atoms with Crippen molar-refractivity contribution in [1.29, 1.82) is 0 Å². The van der Waals surface area contributed by atoms with Crippen LogP contribution in [0.15, 0.2) is 24.3 Å². The van der Waals surface area contributed by atoms with Crippen LogP contribution in [0.2, 0.25) is 0 Å². The van der Waals surface area contributed by atoms with Crippen LogP contribution in [-0.2, 0) is 16.0 Å². The minimum Gasteiger partial charge on any atom is -0.356 e. The molecule has 0 aliphatic carbocycles. The first-order valence-electron chi connectivity index (χ1n) is 6.64. The molecule has 4 nitrogen and oxygen atoms in total. The van der Waals surface area contributed by atoms with Crippen LogP contribution in [-0.4, -0.2) is 28.1 Å². The third-order valence-corrected chi connectivity index (χ3v) is 4.25. The summed E-state index contributed by atoms with van der Waals surface area (Å²) >= 11 is 0. The fraction of sp³-hybridized carbons (Fsp3) is 0.333. The number of H-pyrrole nitrogens is 1. The van der Waals surface area contributed by atoms with Crippen molar-refractivity contribution in [3.8, 4) is 0 Å². The number of fused-ring (bicyclic) bond motifs is 5. The molecule has 0 radical (unpaired) electrons. The van der Waals surface area contributed by atoms with E-state index in [1.54, 1.807) is 0 Å². The molecule has 19 heavy (non-hydrogen) atoms. The Kier molecular flexibility index (Phi) is 2.10. The van der Waals surface area contributed by atoms with E-state index in [0.29, 0.717) is 6.42 Å². The van der Waals surface area contributed by atoms with Gasteiger partial charge in [-0.3, -0.25) is 9.59 Å². The Morgan fingerprint density at radius 2 is 2.05 bits per heavy atom. The van der Waals surface area contributed by atoms with Crippen molar-refractivity contribution in [3.05, 3.63) is 35.5 Å². The molecule has 1 N–H and O–H groups in total. The third kappa shape index (κ3) is 1.46. The first-order chi connectivity index (χ1) is 9.24. The van der Waals surface area contributed by atoms with Crippen molar-refractivity contribution in [2.75, 3.05) is 6.54 Å². The molecule has 2 aromatic rings. The van der Waals surface area contributed by atoms with E-state index in [0.717, 1.165) is 24.2 Å². The second kappa shape index (κ2) is 3.70. The smallest absolute Gasteiger partial charge is 0.230 e. The van der Waals surface area contributed by atoms with Crippen molar-refractivity contribution in [2.45, 2.75) is 25.3 Å². The number of carbonyl (C=O) groups is 2. The number of nitrogens with one attached hydrogen (secondary N) is 1. The van der Waals surface area contributed by atoms with Crippen LogP contribution in [0.4, 0.5) is 0 Å². The number of aromatic amines is 1. The maximum Gasteiger partial charge on any atom is 0.230 e. The number of ketones is 1. The van der Waals surface area contributed by atoms with Gasteiger partial charge in [-0.2, -0.15) is 0 Å². The molecule has 0 bridgehead atoms. The maximum absolute atomic E-state index is 12.0. The molecular weight excluding hydrogens is 240 g/mol. The monoisotopic (exact) mass is 254 g/mol. The number of hydrogen-bond acceptors (Lipinski definition) is 2. The third-order valence-electron chi connectivity index (χ3n) is 4.25. The number of benzene rings is 1. The Balaban J connectivity index is 1.90. The topological polar surface area (TPSA) is 53.2 Å². The molecule has 96 valence electrons. The number of nitrogens with zero attached hydrogens (tertiary/aromatic N) is 1. The minimum absolute atomic E-state index is 0.0226. The molecule has 3 heterocycles. The van der Waals surface area contributed by atoms with Crippen molar-refractivity contribution in [3.63, 3.8) is 0 Å². The number of carbonyl (C=O) groups excluding carboxylic acids is 2. The van der Waals surface area contributed by atoms with Crippen LogP contribution in [0.25, 0.3) is 10.9 Å². The molecule has 1 fully saturated rings. The zero-order valence-corrected chi connectivity index (χ0v) is 10.5.